The van der Waals surface area contributed by atoms with Gasteiger partial charge in [0.1, 0.15) is 5.82 Å². The summed E-state index contributed by atoms with van der Waals surface area (Å²) in [6.07, 6.45) is 0. The summed E-state index contributed by atoms with van der Waals surface area (Å²) in [5.74, 6) is 0.697. The molecule has 0 bridgehead atoms. The summed E-state index contributed by atoms with van der Waals surface area (Å²) < 4.78 is 0. The van der Waals surface area contributed by atoms with Gasteiger partial charge in [0.2, 0.25) is 11.7 Å². The molecule has 2 rings (SSSR count). The van der Waals surface area contributed by atoms with E-state index < -0.39 is 4.92 Å². The summed E-state index contributed by atoms with van der Waals surface area (Å²) in [5.41, 5.74) is -0.0867. The fraction of sp³-hybridized carbons (Fsp3) is 0.455. The van der Waals surface area contributed by atoms with Gasteiger partial charge < -0.3 is 15.1 Å². The summed E-state index contributed by atoms with van der Waals surface area (Å²) >= 11 is 0. The van der Waals surface area contributed by atoms with Crippen molar-refractivity contribution in [1.82, 2.24) is 9.88 Å². The van der Waals surface area contributed by atoms with Gasteiger partial charge in [0, 0.05) is 33.3 Å². The molecular formula is C11H15N5O3. The Morgan fingerprint density at radius 2 is 2.16 bits per heavy atom. The number of nitrogens with one attached hydrogen (secondary N) is 1. The molecule has 1 aliphatic heterocycles. The van der Waals surface area contributed by atoms with Crippen molar-refractivity contribution in [2.75, 3.05) is 43.9 Å². The van der Waals surface area contributed by atoms with Crippen LogP contribution < -0.4 is 10.2 Å². The van der Waals surface area contributed by atoms with Crippen molar-refractivity contribution in [2.24, 2.45) is 0 Å². The van der Waals surface area contributed by atoms with Crippen molar-refractivity contribution in [3.05, 3.63) is 22.2 Å². The molecule has 1 fully saturated rings. The Labute approximate surface area is 110 Å². The number of carbonyl (C=O) groups excluding carboxylic acids is 1. The third kappa shape index (κ3) is 2.56. The number of anilines is 2. The minimum atomic E-state index is -0.482. The number of piperazine rings is 1. The first-order valence-electron chi connectivity index (χ1n) is 5.85. The van der Waals surface area contributed by atoms with Crippen molar-refractivity contribution < 1.29 is 9.72 Å². The van der Waals surface area contributed by atoms with E-state index in [1.807, 2.05) is 0 Å². The van der Waals surface area contributed by atoms with Crippen LogP contribution >= 0.6 is 0 Å². The van der Waals surface area contributed by atoms with Crippen molar-refractivity contribution in [1.29, 1.82) is 0 Å². The van der Waals surface area contributed by atoms with Gasteiger partial charge in [-0.3, -0.25) is 14.9 Å². The number of aromatic nitrogens is 1. The van der Waals surface area contributed by atoms with E-state index >= 15 is 0 Å². The molecule has 0 saturated carbocycles. The summed E-state index contributed by atoms with van der Waals surface area (Å²) in [5, 5.41) is 13.9. The first kappa shape index (κ1) is 13.1. The lowest BCUT2D eigenvalue weighted by molar-refractivity contribution is -0.384. The standard InChI is InChI=1S/C11H15N5O3/c1-12-9-4-3-8(16(18)19)11(13-9)15-6-5-14(2)10(17)7-15/h3-4H,5-7H2,1-2H3,(H,12,13). The highest BCUT2D eigenvalue weighted by atomic mass is 16.6. The maximum Gasteiger partial charge on any atom is 0.311 e. The zero-order valence-corrected chi connectivity index (χ0v) is 10.8. The molecule has 19 heavy (non-hydrogen) atoms. The molecule has 1 aromatic heterocycles. The molecule has 0 radical (unpaired) electrons. The highest BCUT2D eigenvalue weighted by molar-refractivity contribution is 5.83. The molecule has 0 unspecified atom stereocenters. The Morgan fingerprint density at radius 1 is 1.42 bits per heavy atom. The van der Waals surface area contributed by atoms with Gasteiger partial charge in [0.15, 0.2) is 0 Å². The molecule has 8 heteroatoms. The van der Waals surface area contributed by atoms with E-state index in [2.05, 4.69) is 10.3 Å². The lowest BCUT2D eigenvalue weighted by atomic mass is 10.3. The summed E-state index contributed by atoms with van der Waals surface area (Å²) in [6, 6.07) is 2.94. The van der Waals surface area contributed by atoms with Crippen LogP contribution in [0, 0.1) is 10.1 Å². The number of likely N-dealkylation sites (N-methyl/N-ethyl adjacent to an activating group) is 1. The smallest absolute Gasteiger partial charge is 0.311 e. The van der Waals surface area contributed by atoms with Crippen LogP contribution in [0.15, 0.2) is 12.1 Å². The quantitative estimate of drug-likeness (QED) is 0.624. The van der Waals surface area contributed by atoms with E-state index in [1.54, 1.807) is 30.0 Å². The third-order valence-electron chi connectivity index (χ3n) is 3.06. The largest absolute Gasteiger partial charge is 0.373 e. The number of pyridine rings is 1. The second-order valence-corrected chi connectivity index (χ2v) is 4.28. The van der Waals surface area contributed by atoms with Gasteiger partial charge in [-0.15, -0.1) is 0 Å². The molecule has 102 valence electrons. The third-order valence-corrected chi connectivity index (χ3v) is 3.06. The van der Waals surface area contributed by atoms with E-state index in [0.29, 0.717) is 18.9 Å². The summed E-state index contributed by atoms with van der Waals surface area (Å²) in [7, 11) is 3.40. The maximum absolute atomic E-state index is 11.7. The molecule has 1 aromatic rings. The van der Waals surface area contributed by atoms with E-state index in [1.165, 1.54) is 6.07 Å². The Morgan fingerprint density at radius 3 is 2.74 bits per heavy atom. The van der Waals surface area contributed by atoms with Gasteiger partial charge >= 0.3 is 5.69 Å². The zero-order valence-electron chi connectivity index (χ0n) is 10.8. The minimum absolute atomic E-state index is 0.0720. The lowest BCUT2D eigenvalue weighted by Gasteiger charge is -2.32. The Hall–Kier alpha value is -2.38. The Bertz CT molecular complexity index is 519. The average Bonchev–Trinajstić information content (AvgIpc) is 2.41. The van der Waals surface area contributed by atoms with Crippen molar-refractivity contribution >= 4 is 23.2 Å². The van der Waals surface area contributed by atoms with Crippen LogP contribution in [0.5, 0.6) is 0 Å². The predicted octanol–water partition coefficient (Wildman–Crippen LogP) is 0.310. The number of amides is 1. The minimum Gasteiger partial charge on any atom is -0.373 e. The van der Waals surface area contributed by atoms with Gasteiger partial charge in [-0.25, -0.2) is 4.98 Å². The van der Waals surface area contributed by atoms with E-state index in [4.69, 9.17) is 0 Å². The predicted molar refractivity (Wildman–Crippen MR) is 70.3 cm³/mol. The number of hydrogen-bond acceptors (Lipinski definition) is 6. The zero-order chi connectivity index (χ0) is 14.0. The highest BCUT2D eigenvalue weighted by Gasteiger charge is 2.28. The SMILES string of the molecule is CNc1ccc([N+](=O)[O-])c(N2CCN(C)C(=O)C2)n1. The van der Waals surface area contributed by atoms with Crippen LogP contribution in [-0.2, 0) is 4.79 Å². The Kier molecular flexibility index (Phi) is 3.50. The number of carbonyl (C=O) groups is 1. The topological polar surface area (TPSA) is 91.6 Å². The number of hydrogen-bond donors (Lipinski definition) is 1. The first-order valence-corrected chi connectivity index (χ1v) is 5.85. The molecule has 0 aliphatic carbocycles. The fourth-order valence-electron chi connectivity index (χ4n) is 1.89. The molecule has 0 atom stereocenters. The van der Waals surface area contributed by atoms with Gasteiger partial charge in [0.25, 0.3) is 0 Å². The highest BCUT2D eigenvalue weighted by Crippen LogP contribution is 2.28. The van der Waals surface area contributed by atoms with Crippen LogP contribution in [0.4, 0.5) is 17.3 Å². The fourth-order valence-corrected chi connectivity index (χ4v) is 1.89. The van der Waals surface area contributed by atoms with Gasteiger partial charge in [0.05, 0.1) is 11.5 Å². The maximum atomic E-state index is 11.7. The molecule has 1 amide bonds. The number of nitro groups is 1. The van der Waals surface area contributed by atoms with Gasteiger partial charge in [-0.2, -0.15) is 0 Å². The Balaban J connectivity index is 2.36. The van der Waals surface area contributed by atoms with Crippen LogP contribution in [0.3, 0.4) is 0 Å². The van der Waals surface area contributed by atoms with Crippen LogP contribution in [0.25, 0.3) is 0 Å². The second-order valence-electron chi connectivity index (χ2n) is 4.28. The lowest BCUT2D eigenvalue weighted by Crippen LogP contribution is -2.49. The monoisotopic (exact) mass is 265 g/mol. The molecule has 1 aliphatic rings. The summed E-state index contributed by atoms with van der Waals surface area (Å²) in [6.45, 7) is 1.17. The molecule has 8 nitrogen and oxygen atoms in total. The summed E-state index contributed by atoms with van der Waals surface area (Å²) in [4.78, 5) is 29.7. The van der Waals surface area contributed by atoms with Crippen LogP contribution in [0.1, 0.15) is 0 Å². The average molecular weight is 265 g/mol. The molecule has 1 saturated heterocycles. The molecule has 2 heterocycles. The normalized spacial score (nSPS) is 15.6. The van der Waals surface area contributed by atoms with Crippen molar-refractivity contribution in [3.63, 3.8) is 0 Å². The molecule has 1 N–H and O–H groups in total. The first-order chi connectivity index (χ1) is 9.02. The molecular weight excluding hydrogens is 250 g/mol. The number of nitrogens with zero attached hydrogens (tertiary/aromatic N) is 4. The number of rotatable bonds is 3. The van der Waals surface area contributed by atoms with E-state index in [9.17, 15) is 14.9 Å². The van der Waals surface area contributed by atoms with Crippen molar-refractivity contribution in [2.45, 2.75) is 0 Å². The molecule has 0 spiro atoms. The van der Waals surface area contributed by atoms with Crippen molar-refractivity contribution in [3.8, 4) is 0 Å². The van der Waals surface area contributed by atoms with E-state index in [0.717, 1.165) is 0 Å². The van der Waals surface area contributed by atoms with Crippen LogP contribution in [0.2, 0.25) is 0 Å². The molecule has 0 aromatic carbocycles. The van der Waals surface area contributed by atoms with Crippen LogP contribution in [-0.4, -0.2) is 54.4 Å². The second kappa shape index (κ2) is 5.09. The van der Waals surface area contributed by atoms with Gasteiger partial charge in [-0.05, 0) is 6.07 Å². The van der Waals surface area contributed by atoms with E-state index in [-0.39, 0.29) is 24.0 Å². The van der Waals surface area contributed by atoms with Gasteiger partial charge in [-0.1, -0.05) is 0 Å².